The Balaban J connectivity index is 1.42. The van der Waals surface area contributed by atoms with Crippen LogP contribution in [0.4, 0.5) is 24.5 Å². The number of hydrogen-bond donors (Lipinski definition) is 1. The Morgan fingerprint density at radius 1 is 1.12 bits per heavy atom. The number of carbonyl (C=O) groups excluding carboxylic acids is 1. The number of carbonyl (C=O) groups is 1. The predicted octanol–water partition coefficient (Wildman–Crippen LogP) is 4.28. The summed E-state index contributed by atoms with van der Waals surface area (Å²) < 4.78 is 55.3. The normalized spacial score (nSPS) is 12.7. The van der Waals surface area contributed by atoms with Crippen LogP contribution in [0.25, 0.3) is 11.5 Å². The van der Waals surface area contributed by atoms with Gasteiger partial charge in [0.1, 0.15) is 0 Å². The number of benzene rings is 2. The molecule has 0 spiro atoms. The molecule has 1 N–H and O–H groups in total. The fraction of sp³-hybridized carbons (Fsp3) is 0.250. The Kier molecular flexibility index (Phi) is 5.87. The highest BCUT2D eigenvalue weighted by Crippen LogP contribution is 2.37. The molecule has 0 saturated carbocycles. The molecule has 32 heavy (non-hydrogen) atoms. The Hall–Kier alpha value is -3.41. The zero-order valence-electron chi connectivity index (χ0n) is 16.9. The summed E-state index contributed by atoms with van der Waals surface area (Å²) in [6, 6.07) is 8.34. The molecule has 0 unspecified atom stereocenters. The zero-order valence-corrected chi connectivity index (χ0v) is 17.7. The minimum Gasteiger partial charge on any atom is -0.454 e. The molecular weight excluding hydrogens is 449 g/mol. The van der Waals surface area contributed by atoms with E-state index in [2.05, 4.69) is 15.5 Å². The van der Waals surface area contributed by atoms with E-state index in [-0.39, 0.29) is 29.3 Å². The van der Waals surface area contributed by atoms with Gasteiger partial charge in [0, 0.05) is 19.7 Å². The van der Waals surface area contributed by atoms with Crippen molar-refractivity contribution in [3.63, 3.8) is 0 Å². The fourth-order valence-electron chi connectivity index (χ4n) is 2.93. The Labute approximate surface area is 184 Å². The molecule has 4 rings (SSSR count). The van der Waals surface area contributed by atoms with Gasteiger partial charge in [-0.25, -0.2) is 0 Å². The maximum atomic E-state index is 13.1. The van der Waals surface area contributed by atoms with Crippen molar-refractivity contribution in [2.45, 2.75) is 11.4 Å². The number of rotatable bonds is 6. The summed E-state index contributed by atoms with van der Waals surface area (Å²) in [5.41, 5.74) is 0.273. The first-order valence-corrected chi connectivity index (χ1v) is 10.2. The van der Waals surface area contributed by atoms with Crippen LogP contribution in [0.2, 0.25) is 0 Å². The van der Waals surface area contributed by atoms with Crippen LogP contribution in [0.15, 0.2) is 46.0 Å². The van der Waals surface area contributed by atoms with E-state index in [1.54, 1.807) is 37.2 Å². The molecular formula is C20H17F3N4O4S. The van der Waals surface area contributed by atoms with Crippen molar-refractivity contribution in [1.82, 2.24) is 10.2 Å². The van der Waals surface area contributed by atoms with E-state index in [9.17, 15) is 18.0 Å². The van der Waals surface area contributed by atoms with Crippen LogP contribution in [0.1, 0.15) is 5.56 Å². The van der Waals surface area contributed by atoms with Gasteiger partial charge in [0.05, 0.1) is 22.7 Å². The first kappa shape index (κ1) is 21.8. The van der Waals surface area contributed by atoms with E-state index in [0.29, 0.717) is 22.7 Å². The summed E-state index contributed by atoms with van der Waals surface area (Å²) in [6.45, 7) is 0.139. The smallest absolute Gasteiger partial charge is 0.416 e. The van der Waals surface area contributed by atoms with E-state index in [0.717, 1.165) is 23.9 Å². The number of nitrogens with one attached hydrogen (secondary N) is 1. The van der Waals surface area contributed by atoms with Crippen molar-refractivity contribution < 1.29 is 31.9 Å². The van der Waals surface area contributed by atoms with Gasteiger partial charge in [-0.2, -0.15) is 13.2 Å². The summed E-state index contributed by atoms with van der Waals surface area (Å²) in [7, 11) is 3.34. The minimum absolute atomic E-state index is 0.0574. The maximum absolute atomic E-state index is 13.1. The number of halogens is 3. The summed E-state index contributed by atoms with van der Waals surface area (Å²) in [5.74, 6) is 0.767. The second kappa shape index (κ2) is 8.61. The number of nitrogens with zero attached hydrogens (tertiary/aromatic N) is 3. The van der Waals surface area contributed by atoms with Crippen LogP contribution in [-0.2, 0) is 11.0 Å². The van der Waals surface area contributed by atoms with Crippen LogP contribution < -0.4 is 19.7 Å². The number of hydrogen-bond acceptors (Lipinski definition) is 8. The van der Waals surface area contributed by atoms with Gasteiger partial charge in [0.2, 0.25) is 18.6 Å². The average molecular weight is 466 g/mol. The molecule has 2 aromatic carbocycles. The highest BCUT2D eigenvalue weighted by atomic mass is 32.2. The quantitative estimate of drug-likeness (QED) is 0.539. The lowest BCUT2D eigenvalue weighted by molar-refractivity contribution is -0.137. The van der Waals surface area contributed by atoms with Crippen LogP contribution >= 0.6 is 11.8 Å². The second-order valence-corrected chi connectivity index (χ2v) is 7.83. The van der Waals surface area contributed by atoms with E-state index < -0.39 is 17.6 Å². The third kappa shape index (κ3) is 4.74. The van der Waals surface area contributed by atoms with Crippen LogP contribution in [-0.4, -0.2) is 42.7 Å². The lowest BCUT2D eigenvalue weighted by Gasteiger charge is -2.19. The molecule has 0 fully saturated rings. The summed E-state index contributed by atoms with van der Waals surface area (Å²) in [6.07, 6.45) is -4.52. The molecule has 168 valence electrons. The second-order valence-electron chi connectivity index (χ2n) is 6.90. The van der Waals surface area contributed by atoms with Crippen molar-refractivity contribution in [1.29, 1.82) is 0 Å². The highest BCUT2D eigenvalue weighted by Gasteiger charge is 2.31. The van der Waals surface area contributed by atoms with Gasteiger partial charge in [-0.05, 0) is 36.4 Å². The topological polar surface area (TPSA) is 89.7 Å². The van der Waals surface area contributed by atoms with Crippen LogP contribution in [0.3, 0.4) is 0 Å². The molecule has 1 aliphatic heterocycles. The SMILES string of the molecule is CN(C)c1ccc(C(F)(F)F)cc1NC(=O)CSc1nnc(-c2ccc3c(c2)OCO3)o1. The number of aromatic nitrogens is 2. The highest BCUT2D eigenvalue weighted by molar-refractivity contribution is 7.99. The number of fused-ring (bicyclic) bond motifs is 1. The molecule has 1 amide bonds. The summed E-state index contributed by atoms with van der Waals surface area (Å²) in [4.78, 5) is 14.0. The fourth-order valence-corrected chi connectivity index (χ4v) is 3.49. The van der Waals surface area contributed by atoms with Crippen molar-refractivity contribution in [2.75, 3.05) is 36.9 Å². The Bertz CT molecular complexity index is 1150. The van der Waals surface area contributed by atoms with Gasteiger partial charge in [0.25, 0.3) is 5.22 Å². The average Bonchev–Trinajstić information content (AvgIpc) is 3.40. The molecule has 0 saturated heterocycles. The van der Waals surface area contributed by atoms with Crippen molar-refractivity contribution >= 4 is 29.0 Å². The van der Waals surface area contributed by atoms with E-state index in [1.807, 2.05) is 0 Å². The molecule has 1 aliphatic rings. The maximum Gasteiger partial charge on any atom is 0.416 e. The molecule has 1 aromatic heterocycles. The zero-order chi connectivity index (χ0) is 22.9. The molecule has 12 heteroatoms. The van der Waals surface area contributed by atoms with Gasteiger partial charge in [0.15, 0.2) is 11.5 Å². The third-order valence-corrected chi connectivity index (χ3v) is 5.25. The molecule has 8 nitrogen and oxygen atoms in total. The minimum atomic E-state index is -4.52. The largest absolute Gasteiger partial charge is 0.454 e. The van der Waals surface area contributed by atoms with Crippen molar-refractivity contribution in [3.05, 3.63) is 42.0 Å². The Morgan fingerprint density at radius 3 is 2.66 bits per heavy atom. The predicted molar refractivity (Wildman–Crippen MR) is 111 cm³/mol. The van der Waals surface area contributed by atoms with E-state index in [1.165, 1.54) is 6.07 Å². The molecule has 3 aromatic rings. The van der Waals surface area contributed by atoms with Crippen molar-refractivity contribution in [2.24, 2.45) is 0 Å². The first-order valence-electron chi connectivity index (χ1n) is 9.25. The first-order chi connectivity index (χ1) is 15.2. The Morgan fingerprint density at radius 2 is 1.91 bits per heavy atom. The van der Waals surface area contributed by atoms with Gasteiger partial charge in [-0.15, -0.1) is 10.2 Å². The molecule has 0 atom stereocenters. The number of alkyl halides is 3. The van der Waals surface area contributed by atoms with Crippen LogP contribution in [0, 0.1) is 0 Å². The van der Waals surface area contributed by atoms with Crippen LogP contribution in [0.5, 0.6) is 11.5 Å². The third-order valence-electron chi connectivity index (χ3n) is 4.43. The van der Waals surface area contributed by atoms with E-state index >= 15 is 0 Å². The van der Waals surface area contributed by atoms with Gasteiger partial charge >= 0.3 is 6.18 Å². The van der Waals surface area contributed by atoms with Crippen molar-refractivity contribution in [3.8, 4) is 23.0 Å². The number of thioether (sulfide) groups is 1. The summed E-state index contributed by atoms with van der Waals surface area (Å²) in [5, 5.41) is 10.5. The lowest BCUT2D eigenvalue weighted by Crippen LogP contribution is -2.19. The van der Waals surface area contributed by atoms with Gasteiger partial charge in [-0.3, -0.25) is 4.79 Å². The van der Waals surface area contributed by atoms with E-state index in [4.69, 9.17) is 13.9 Å². The van der Waals surface area contributed by atoms with Gasteiger partial charge < -0.3 is 24.1 Å². The molecule has 0 bridgehead atoms. The monoisotopic (exact) mass is 466 g/mol. The molecule has 0 radical (unpaired) electrons. The number of amides is 1. The summed E-state index contributed by atoms with van der Waals surface area (Å²) >= 11 is 0.969. The lowest BCUT2D eigenvalue weighted by atomic mass is 10.1. The molecule has 2 heterocycles. The van der Waals surface area contributed by atoms with Gasteiger partial charge in [-0.1, -0.05) is 11.8 Å². The molecule has 0 aliphatic carbocycles. The number of ether oxygens (including phenoxy) is 2. The standard InChI is InChI=1S/C20H17F3N4O4S/c1-27(2)14-5-4-12(20(21,22)23)8-13(14)24-17(28)9-32-19-26-25-18(31-19)11-3-6-15-16(7-11)30-10-29-15/h3-8H,9-10H2,1-2H3,(H,24,28). The number of anilines is 2.